The summed E-state index contributed by atoms with van der Waals surface area (Å²) in [6, 6.07) is 21.4. The smallest absolute Gasteiger partial charge is 0.392 e. The molecule has 0 aliphatic carbocycles. The molecule has 4 aromatic rings. The third-order valence-electron chi connectivity index (χ3n) is 9.26. The lowest BCUT2D eigenvalue weighted by Gasteiger charge is -2.41. The lowest BCUT2D eigenvalue weighted by Crippen LogP contribution is -2.50. The number of likely N-dealkylation sites (tertiary alicyclic amines) is 1. The number of nitrogens with zero attached hydrogens (tertiary/aromatic N) is 3. The Morgan fingerprint density at radius 3 is 2.36 bits per heavy atom. The maximum absolute atomic E-state index is 13.1. The van der Waals surface area contributed by atoms with Gasteiger partial charge in [-0.15, -0.1) is 0 Å². The number of hydrogen-bond donors (Lipinski definition) is 2. The van der Waals surface area contributed by atoms with Crippen molar-refractivity contribution >= 4 is 35.0 Å². The number of aliphatic hydroxyl groups is 1. The average Bonchev–Trinajstić information content (AvgIpc) is 3.74. The van der Waals surface area contributed by atoms with Crippen LogP contribution in [-0.4, -0.2) is 56.2 Å². The van der Waals surface area contributed by atoms with Crippen LogP contribution in [0.4, 0.5) is 13.2 Å². The summed E-state index contributed by atoms with van der Waals surface area (Å²) in [6.07, 6.45) is -4.42. The monoisotopic (exact) mass is 730 g/mol. The number of benzene rings is 3. The summed E-state index contributed by atoms with van der Waals surface area (Å²) in [5.74, 6) is -2.73. The molecule has 1 aromatic heterocycles. The van der Waals surface area contributed by atoms with Crippen LogP contribution in [0.5, 0.6) is 0 Å². The Morgan fingerprint density at radius 1 is 1.00 bits per heavy atom. The minimum atomic E-state index is -5.04. The molecule has 2 aliphatic heterocycles. The van der Waals surface area contributed by atoms with Crippen LogP contribution in [0, 0.1) is 5.92 Å². The Hall–Kier alpha value is -3.94. The number of rotatable bonds is 9. The van der Waals surface area contributed by atoms with Gasteiger partial charge in [0.15, 0.2) is 11.4 Å². The van der Waals surface area contributed by atoms with Gasteiger partial charge in [0.2, 0.25) is 5.91 Å². The van der Waals surface area contributed by atoms with E-state index in [1.54, 1.807) is 10.9 Å². The Balaban J connectivity index is 1.20. The summed E-state index contributed by atoms with van der Waals surface area (Å²) in [5.41, 5.74) is 4.89. The Bertz CT molecular complexity index is 1820. The van der Waals surface area contributed by atoms with Crippen LogP contribution in [0.25, 0.3) is 11.1 Å². The number of carbonyl (C=O) groups excluding carboxylic acids is 2. The fourth-order valence-electron chi connectivity index (χ4n) is 6.51. The first-order valence-electron chi connectivity index (χ1n) is 16.1. The molecule has 264 valence electrons. The van der Waals surface area contributed by atoms with Gasteiger partial charge in [0.1, 0.15) is 11.2 Å². The maximum atomic E-state index is 13.1. The summed E-state index contributed by atoms with van der Waals surface area (Å²) in [5, 5.41) is 12.8. The number of alkyl halides is 3. The first kappa shape index (κ1) is 35.9. The molecular formula is C36H35Cl2F3N4O5. The number of amides is 2. The van der Waals surface area contributed by atoms with E-state index in [2.05, 4.69) is 10.3 Å². The molecule has 50 heavy (non-hydrogen) atoms. The van der Waals surface area contributed by atoms with Gasteiger partial charge < -0.3 is 29.4 Å². The first-order chi connectivity index (χ1) is 23.9. The van der Waals surface area contributed by atoms with Crippen LogP contribution in [0.2, 0.25) is 10.3 Å². The van der Waals surface area contributed by atoms with Gasteiger partial charge in [0.25, 0.3) is 0 Å². The second-order valence-electron chi connectivity index (χ2n) is 12.5. The van der Waals surface area contributed by atoms with Crippen LogP contribution in [0.1, 0.15) is 54.4 Å². The van der Waals surface area contributed by atoms with Crippen molar-refractivity contribution in [2.24, 2.45) is 5.92 Å². The second-order valence-corrected chi connectivity index (χ2v) is 13.2. The van der Waals surface area contributed by atoms with Crippen molar-refractivity contribution in [2.45, 2.75) is 70.2 Å². The molecule has 0 unspecified atom stereocenters. The number of aromatic nitrogens is 2. The Kier molecular flexibility index (Phi) is 10.8. The Labute approximate surface area is 296 Å². The lowest BCUT2D eigenvalue weighted by atomic mass is 9.90. The molecule has 0 spiro atoms. The molecule has 9 nitrogen and oxygen atoms in total. The molecule has 3 aromatic carbocycles. The highest BCUT2D eigenvalue weighted by atomic mass is 35.5. The van der Waals surface area contributed by atoms with Gasteiger partial charge in [0.05, 0.1) is 31.7 Å². The van der Waals surface area contributed by atoms with Crippen LogP contribution >= 0.6 is 23.2 Å². The number of ether oxygens (including phenoxy) is 2. The van der Waals surface area contributed by atoms with Crippen LogP contribution in [0.3, 0.4) is 0 Å². The van der Waals surface area contributed by atoms with Crippen molar-refractivity contribution in [1.82, 2.24) is 19.8 Å². The van der Waals surface area contributed by atoms with Gasteiger partial charge in [-0.1, -0.05) is 103 Å². The van der Waals surface area contributed by atoms with Crippen molar-refractivity contribution in [1.29, 1.82) is 0 Å². The van der Waals surface area contributed by atoms with E-state index in [-0.39, 0.29) is 49.4 Å². The van der Waals surface area contributed by atoms with Gasteiger partial charge in [-0.2, -0.15) is 13.2 Å². The van der Waals surface area contributed by atoms with E-state index in [0.29, 0.717) is 23.0 Å². The molecule has 3 heterocycles. The minimum absolute atomic E-state index is 0.0628. The third kappa shape index (κ3) is 7.69. The number of carbonyl (C=O) groups is 2. The third-order valence-corrected chi connectivity index (χ3v) is 10.0. The zero-order valence-electron chi connectivity index (χ0n) is 26.9. The molecule has 2 aliphatic rings. The van der Waals surface area contributed by atoms with Gasteiger partial charge >= 0.3 is 12.1 Å². The van der Waals surface area contributed by atoms with E-state index < -0.39 is 30.3 Å². The molecule has 6 rings (SSSR count). The van der Waals surface area contributed by atoms with E-state index in [1.807, 2.05) is 79.7 Å². The van der Waals surface area contributed by atoms with Crippen molar-refractivity contribution in [3.8, 4) is 11.1 Å². The summed E-state index contributed by atoms with van der Waals surface area (Å²) < 4.78 is 54.1. The highest BCUT2D eigenvalue weighted by Crippen LogP contribution is 2.43. The number of halogens is 5. The van der Waals surface area contributed by atoms with E-state index in [0.717, 1.165) is 33.4 Å². The van der Waals surface area contributed by atoms with E-state index >= 15 is 0 Å². The number of nitrogens with one attached hydrogen (secondary N) is 1. The van der Waals surface area contributed by atoms with Crippen LogP contribution in [-0.2, 0) is 38.8 Å². The summed E-state index contributed by atoms with van der Waals surface area (Å²) in [6.45, 7) is 2.29. The molecule has 2 saturated heterocycles. The first-order valence-corrected chi connectivity index (χ1v) is 16.9. The average molecular weight is 732 g/mol. The zero-order chi connectivity index (χ0) is 35.6. The zero-order valence-corrected chi connectivity index (χ0v) is 28.5. The van der Waals surface area contributed by atoms with E-state index in [1.165, 1.54) is 0 Å². The summed E-state index contributed by atoms with van der Waals surface area (Å²) in [7, 11) is 0. The van der Waals surface area contributed by atoms with Crippen LogP contribution < -0.4 is 5.32 Å². The van der Waals surface area contributed by atoms with Crippen molar-refractivity contribution in [2.75, 3.05) is 6.54 Å². The predicted octanol–water partition coefficient (Wildman–Crippen LogP) is 7.01. The molecular weight excluding hydrogens is 696 g/mol. The normalized spacial score (nSPS) is 22.5. The molecule has 2 fully saturated rings. The van der Waals surface area contributed by atoms with Gasteiger partial charge in [0, 0.05) is 24.6 Å². The highest BCUT2D eigenvalue weighted by molar-refractivity contribution is 6.40. The van der Waals surface area contributed by atoms with E-state index in [4.69, 9.17) is 32.7 Å². The number of aliphatic hydroxyl groups excluding tert-OH is 1. The minimum Gasteiger partial charge on any atom is -0.392 e. The van der Waals surface area contributed by atoms with Crippen molar-refractivity contribution < 1.29 is 37.3 Å². The van der Waals surface area contributed by atoms with Gasteiger partial charge in [-0.25, -0.2) is 4.98 Å². The van der Waals surface area contributed by atoms with Crippen LogP contribution in [0.15, 0.2) is 79.1 Å². The molecule has 14 heteroatoms. The molecule has 2 N–H and O–H groups in total. The fraction of sp³-hybridized carbons (Fsp3) is 0.361. The molecule has 0 saturated carbocycles. The fourth-order valence-corrected chi connectivity index (χ4v) is 6.83. The largest absolute Gasteiger partial charge is 0.471 e. The summed E-state index contributed by atoms with van der Waals surface area (Å²) >= 11 is 12.5. The van der Waals surface area contributed by atoms with Gasteiger partial charge in [-0.05, 0) is 40.7 Å². The Morgan fingerprint density at radius 2 is 1.70 bits per heavy atom. The van der Waals surface area contributed by atoms with Crippen molar-refractivity contribution in [3.05, 3.63) is 112 Å². The highest BCUT2D eigenvalue weighted by Gasteiger charge is 2.47. The lowest BCUT2D eigenvalue weighted by molar-refractivity contribution is -0.276. The second kappa shape index (κ2) is 15.1. The summed E-state index contributed by atoms with van der Waals surface area (Å²) in [4.78, 5) is 29.5. The van der Waals surface area contributed by atoms with E-state index in [9.17, 15) is 27.9 Å². The molecule has 2 amide bonds. The maximum Gasteiger partial charge on any atom is 0.471 e. The van der Waals surface area contributed by atoms with Gasteiger partial charge in [-0.3, -0.25) is 9.59 Å². The number of hydrogen-bond acceptors (Lipinski definition) is 6. The SMILES string of the molecule is C[C@@H]1[C@H](Cn2cnc(Cl)c2Cl)O[C@H](c2ccc(-c3ccccc3CNC(=O)[C@@H]3CCCN3C(=O)C(F)(F)F)cc2)O[C@@H]1c1ccc(CO)cc1. The molecule has 0 bridgehead atoms. The topological polar surface area (TPSA) is 106 Å². The molecule has 0 radical (unpaired) electrons. The number of imidazole rings is 1. The van der Waals surface area contributed by atoms with Crippen molar-refractivity contribution in [3.63, 3.8) is 0 Å². The molecule has 5 atom stereocenters. The quantitative estimate of drug-likeness (QED) is 0.192. The standard InChI is InChI=1S/C36H35Cl2F3N4O5/c1-21-29(18-44-20-43-31(37)32(44)38)49-34(50-30(21)24-10-8-22(19-46)9-11-24)25-14-12-23(13-15-25)27-6-3-2-5-26(27)17-42-33(47)28-7-4-16-45(28)35(48)36(39,40)41/h2-3,5-6,8-15,20-21,28-30,34,46H,4,7,16-19H2,1H3,(H,42,47)/t21-,28+,29+,30+,34+/m1/s1. The predicted molar refractivity (Wildman–Crippen MR) is 180 cm³/mol.